The molecule has 156 valence electrons. The fourth-order valence-corrected chi connectivity index (χ4v) is 4.86. The second-order valence-electron chi connectivity index (χ2n) is 8.30. The number of nitrogens with two attached hydrogens (primary N) is 1. The summed E-state index contributed by atoms with van der Waals surface area (Å²) >= 11 is 0. The van der Waals surface area contributed by atoms with Crippen LogP contribution >= 0.6 is 0 Å². The molecule has 4 atom stereocenters. The SMILES string of the molecule is CCC[C@H](N)C(=O)N(C)[C@@H]1CC[C@H]2CN(Cc3ccc(C(F)(F)F)cc3)C[C@H]21. The van der Waals surface area contributed by atoms with Gasteiger partial charge in [0.1, 0.15) is 0 Å². The van der Waals surface area contributed by atoms with E-state index in [1.54, 1.807) is 12.1 Å². The second kappa shape index (κ2) is 8.41. The van der Waals surface area contributed by atoms with Crippen LogP contribution in [0.5, 0.6) is 0 Å². The first-order valence-electron chi connectivity index (χ1n) is 10.1. The van der Waals surface area contributed by atoms with Gasteiger partial charge in [-0.05, 0) is 48.8 Å². The predicted octanol–water partition coefficient (Wildman–Crippen LogP) is 3.50. The van der Waals surface area contributed by atoms with Gasteiger partial charge in [-0.15, -0.1) is 0 Å². The van der Waals surface area contributed by atoms with Crippen molar-refractivity contribution in [2.75, 3.05) is 20.1 Å². The first-order valence-corrected chi connectivity index (χ1v) is 10.1. The highest BCUT2D eigenvalue weighted by molar-refractivity contribution is 5.81. The maximum atomic E-state index is 12.7. The second-order valence-corrected chi connectivity index (χ2v) is 8.30. The molecule has 0 unspecified atom stereocenters. The van der Waals surface area contributed by atoms with Crippen molar-refractivity contribution in [1.82, 2.24) is 9.80 Å². The van der Waals surface area contributed by atoms with Crippen LogP contribution in [0.4, 0.5) is 13.2 Å². The number of hydrogen-bond donors (Lipinski definition) is 1. The van der Waals surface area contributed by atoms with Crippen molar-refractivity contribution in [3.8, 4) is 0 Å². The van der Waals surface area contributed by atoms with Crippen LogP contribution < -0.4 is 5.73 Å². The number of rotatable bonds is 6. The Bertz CT molecular complexity index is 676. The summed E-state index contributed by atoms with van der Waals surface area (Å²) in [6.07, 6.45) is -0.626. The van der Waals surface area contributed by atoms with Crippen LogP contribution in [0, 0.1) is 11.8 Å². The summed E-state index contributed by atoms with van der Waals surface area (Å²) in [6.45, 7) is 4.47. The van der Waals surface area contributed by atoms with Crippen molar-refractivity contribution in [3.05, 3.63) is 35.4 Å². The first kappa shape index (κ1) is 21.1. The quantitative estimate of drug-likeness (QED) is 0.799. The molecule has 1 heterocycles. The van der Waals surface area contributed by atoms with Crippen molar-refractivity contribution in [2.45, 2.75) is 57.4 Å². The van der Waals surface area contributed by atoms with Crippen LogP contribution in [0.3, 0.4) is 0 Å². The van der Waals surface area contributed by atoms with Gasteiger partial charge in [-0.3, -0.25) is 9.69 Å². The number of carbonyl (C=O) groups excluding carboxylic acids is 1. The van der Waals surface area contributed by atoms with Gasteiger partial charge in [0.2, 0.25) is 5.91 Å². The molecule has 0 spiro atoms. The minimum Gasteiger partial charge on any atom is -0.341 e. The Hall–Kier alpha value is -1.60. The third-order valence-electron chi connectivity index (χ3n) is 6.34. The van der Waals surface area contributed by atoms with Crippen molar-refractivity contribution < 1.29 is 18.0 Å². The molecule has 1 aromatic rings. The fraction of sp³-hybridized carbons (Fsp3) is 0.667. The summed E-state index contributed by atoms with van der Waals surface area (Å²) in [5, 5.41) is 0. The number of likely N-dealkylation sites (N-methyl/N-ethyl adjacent to an activating group) is 1. The number of fused-ring (bicyclic) bond motifs is 1. The Morgan fingerprint density at radius 3 is 2.54 bits per heavy atom. The number of hydrogen-bond acceptors (Lipinski definition) is 3. The highest BCUT2D eigenvalue weighted by atomic mass is 19.4. The van der Waals surface area contributed by atoms with Crippen molar-refractivity contribution >= 4 is 5.91 Å². The number of alkyl halides is 3. The Morgan fingerprint density at radius 2 is 1.93 bits per heavy atom. The Morgan fingerprint density at radius 1 is 1.25 bits per heavy atom. The molecule has 1 aromatic carbocycles. The summed E-state index contributed by atoms with van der Waals surface area (Å²) in [5.74, 6) is 0.975. The van der Waals surface area contributed by atoms with E-state index >= 15 is 0 Å². The third kappa shape index (κ3) is 4.51. The molecule has 7 heteroatoms. The number of likely N-dealkylation sites (tertiary alicyclic amines) is 1. The molecule has 1 aliphatic heterocycles. The first-order chi connectivity index (χ1) is 13.2. The van der Waals surface area contributed by atoms with E-state index in [4.69, 9.17) is 5.73 Å². The van der Waals surface area contributed by atoms with E-state index in [2.05, 4.69) is 4.90 Å². The van der Waals surface area contributed by atoms with Crippen LogP contribution in [0.1, 0.15) is 43.7 Å². The maximum Gasteiger partial charge on any atom is 0.416 e. The van der Waals surface area contributed by atoms with Gasteiger partial charge in [0, 0.05) is 32.7 Å². The number of amides is 1. The van der Waals surface area contributed by atoms with Gasteiger partial charge in [0.15, 0.2) is 0 Å². The minimum absolute atomic E-state index is 0.0219. The highest BCUT2D eigenvalue weighted by Crippen LogP contribution is 2.41. The lowest BCUT2D eigenvalue weighted by Crippen LogP contribution is -2.48. The molecule has 0 radical (unpaired) electrons. The maximum absolute atomic E-state index is 12.7. The smallest absolute Gasteiger partial charge is 0.341 e. The molecule has 0 bridgehead atoms. The Kier molecular flexibility index (Phi) is 6.34. The molecular weight excluding hydrogens is 367 g/mol. The molecular formula is C21H30F3N3O. The van der Waals surface area contributed by atoms with Crippen LogP contribution in [-0.2, 0) is 17.5 Å². The van der Waals surface area contributed by atoms with E-state index < -0.39 is 17.8 Å². The Labute approximate surface area is 164 Å². The van der Waals surface area contributed by atoms with Crippen LogP contribution in [0.25, 0.3) is 0 Å². The van der Waals surface area contributed by atoms with Crippen molar-refractivity contribution in [3.63, 3.8) is 0 Å². The van der Waals surface area contributed by atoms with E-state index in [-0.39, 0.29) is 11.9 Å². The number of benzene rings is 1. The topological polar surface area (TPSA) is 49.6 Å². The third-order valence-corrected chi connectivity index (χ3v) is 6.34. The standard InChI is InChI=1S/C21H30F3N3O/c1-3-4-18(25)20(28)26(2)19-10-7-15-12-27(13-17(15)19)11-14-5-8-16(9-6-14)21(22,23)24/h5-6,8-9,15,17-19H,3-4,7,10-13,25H2,1-2H3/t15-,17+,18-,19+/m0/s1. The highest BCUT2D eigenvalue weighted by Gasteiger charge is 2.45. The minimum atomic E-state index is -4.30. The summed E-state index contributed by atoms with van der Waals surface area (Å²) in [4.78, 5) is 16.7. The summed E-state index contributed by atoms with van der Waals surface area (Å²) in [5.41, 5.74) is 6.30. The molecule has 3 rings (SSSR count). The van der Waals surface area contributed by atoms with Gasteiger partial charge in [-0.25, -0.2) is 0 Å². The van der Waals surface area contributed by atoms with Gasteiger partial charge in [-0.1, -0.05) is 25.5 Å². The zero-order chi connectivity index (χ0) is 20.5. The van der Waals surface area contributed by atoms with Gasteiger partial charge in [0.05, 0.1) is 11.6 Å². The molecule has 2 fully saturated rings. The fourth-order valence-electron chi connectivity index (χ4n) is 4.86. The van der Waals surface area contributed by atoms with Crippen LogP contribution in [0.15, 0.2) is 24.3 Å². The van der Waals surface area contributed by atoms with E-state index in [1.807, 2.05) is 18.9 Å². The van der Waals surface area contributed by atoms with E-state index in [0.717, 1.165) is 50.0 Å². The normalized spacial score (nSPS) is 26.3. The lowest BCUT2D eigenvalue weighted by Gasteiger charge is -2.31. The van der Waals surface area contributed by atoms with Crippen molar-refractivity contribution in [1.29, 1.82) is 0 Å². The average Bonchev–Trinajstić information content (AvgIpc) is 3.20. The Balaban J connectivity index is 1.59. The van der Waals surface area contributed by atoms with Crippen molar-refractivity contribution in [2.24, 2.45) is 17.6 Å². The van der Waals surface area contributed by atoms with Gasteiger partial charge >= 0.3 is 6.18 Å². The molecule has 0 aromatic heterocycles. The average molecular weight is 397 g/mol. The molecule has 1 saturated heterocycles. The van der Waals surface area contributed by atoms with E-state index in [1.165, 1.54) is 0 Å². The van der Waals surface area contributed by atoms with E-state index in [9.17, 15) is 18.0 Å². The molecule has 2 aliphatic rings. The van der Waals surface area contributed by atoms with Crippen LogP contribution in [0.2, 0.25) is 0 Å². The molecule has 28 heavy (non-hydrogen) atoms. The number of nitrogens with zero attached hydrogens (tertiary/aromatic N) is 2. The summed E-state index contributed by atoms with van der Waals surface area (Å²) in [6, 6.07) is 5.20. The molecule has 1 aliphatic carbocycles. The number of carbonyl (C=O) groups is 1. The molecule has 1 saturated carbocycles. The predicted molar refractivity (Wildman–Crippen MR) is 102 cm³/mol. The van der Waals surface area contributed by atoms with Gasteiger partial charge in [0.25, 0.3) is 0 Å². The monoisotopic (exact) mass is 397 g/mol. The summed E-state index contributed by atoms with van der Waals surface area (Å²) in [7, 11) is 1.86. The molecule has 4 nitrogen and oxygen atoms in total. The van der Waals surface area contributed by atoms with Crippen LogP contribution in [-0.4, -0.2) is 47.9 Å². The zero-order valence-corrected chi connectivity index (χ0v) is 16.6. The van der Waals surface area contributed by atoms with Gasteiger partial charge in [-0.2, -0.15) is 13.2 Å². The molecule has 2 N–H and O–H groups in total. The molecule has 1 amide bonds. The summed E-state index contributed by atoms with van der Waals surface area (Å²) < 4.78 is 38.2. The lowest BCUT2D eigenvalue weighted by atomic mass is 9.96. The van der Waals surface area contributed by atoms with Gasteiger partial charge < -0.3 is 10.6 Å². The lowest BCUT2D eigenvalue weighted by molar-refractivity contribution is -0.137. The van der Waals surface area contributed by atoms with E-state index in [0.29, 0.717) is 24.8 Å². The zero-order valence-electron chi connectivity index (χ0n) is 16.6. The largest absolute Gasteiger partial charge is 0.416 e. The number of halogens is 3.